The van der Waals surface area contributed by atoms with Crippen molar-refractivity contribution < 1.29 is 7.59 Å². The lowest BCUT2D eigenvalue weighted by molar-refractivity contribution is 0.223. The van der Waals surface area contributed by atoms with E-state index >= 15 is 0 Å². The Bertz CT molecular complexity index is 30.5. The molecule has 0 saturated carbocycles. The number of ether oxygens (including phenoxy) is 1. The third-order valence-electron chi connectivity index (χ3n) is 0.362. The topological polar surface area (TPSA) is 9.23 Å². The molecular formula is C4H12AlClO. The average Bonchev–Trinajstić information content (AvgIpc) is 1.61. The molecule has 4 radical (unpaired) electrons. The van der Waals surface area contributed by atoms with Gasteiger partial charge in [-0.05, 0) is 6.92 Å². The van der Waals surface area contributed by atoms with Gasteiger partial charge in [0.15, 0.2) is 0 Å². The molecule has 0 N–H and O–H groups in total. The van der Waals surface area contributed by atoms with Crippen LogP contribution in [0.4, 0.5) is 0 Å². The van der Waals surface area contributed by atoms with Crippen molar-refractivity contribution in [2.24, 2.45) is 0 Å². The van der Waals surface area contributed by atoms with Crippen LogP contribution in [0, 0.1) is 6.61 Å². The van der Waals surface area contributed by atoms with Crippen molar-refractivity contribution in [3.63, 3.8) is 0 Å². The summed E-state index contributed by atoms with van der Waals surface area (Å²) in [6.45, 7) is 4.08. The third kappa shape index (κ3) is 10.8. The lowest BCUT2D eigenvalue weighted by atomic mass is 10.8. The molecule has 3 heteroatoms. The molecule has 0 aromatic carbocycles. The molecule has 7 heavy (non-hydrogen) atoms. The number of hydrogen-bond acceptors (Lipinski definition) is 1. The summed E-state index contributed by atoms with van der Waals surface area (Å²) in [4.78, 5) is 0. The number of hydrogen-bond donors (Lipinski definition) is 0. The van der Waals surface area contributed by atoms with E-state index in [2.05, 4.69) is 0 Å². The zero-order valence-corrected chi connectivity index (χ0v) is 6.27. The number of halogens is 1. The van der Waals surface area contributed by atoms with Gasteiger partial charge in [0.1, 0.15) is 0 Å². The maximum absolute atomic E-state index is 5.24. The lowest BCUT2D eigenvalue weighted by Gasteiger charge is -1.89. The zero-order valence-electron chi connectivity index (χ0n) is 4.36. The van der Waals surface area contributed by atoms with Gasteiger partial charge in [-0.3, -0.25) is 0 Å². The molecule has 0 aliphatic carbocycles. The van der Waals surface area contributed by atoms with E-state index in [1.54, 1.807) is 6.61 Å². The van der Waals surface area contributed by atoms with E-state index in [0.717, 1.165) is 0 Å². The highest BCUT2D eigenvalue weighted by Crippen LogP contribution is 1.79. The van der Waals surface area contributed by atoms with Crippen LogP contribution < -0.4 is 0 Å². The Balaban J connectivity index is -0.0000000417. The Kier molecular flexibility index (Phi) is 15.2. The molecule has 0 rings (SSSR count). The summed E-state index contributed by atoms with van der Waals surface area (Å²) in [6, 6.07) is 0. The third-order valence-corrected chi connectivity index (χ3v) is 0.516. The zero-order chi connectivity index (χ0) is 4.83. The van der Waals surface area contributed by atoms with Gasteiger partial charge in [-0.15, -0.1) is 11.6 Å². The van der Waals surface area contributed by atoms with Crippen molar-refractivity contribution in [3.05, 3.63) is 6.61 Å². The minimum atomic E-state index is 0. The van der Waals surface area contributed by atoms with Crippen molar-refractivity contribution >= 4 is 29.0 Å². The smallest absolute Gasteiger partial charge is 0.0806 e. The standard InChI is InChI=1S/C4H8ClO.Al.2H2/c1-2-6-4-3-5;;;/h2H,3-4H2,1H3;;2*1H. The maximum atomic E-state index is 5.24. The molecule has 0 aliphatic heterocycles. The summed E-state index contributed by atoms with van der Waals surface area (Å²) in [5.74, 6) is 0.574. The van der Waals surface area contributed by atoms with E-state index in [0.29, 0.717) is 12.5 Å². The highest BCUT2D eigenvalue weighted by atomic mass is 35.5. The molecule has 0 spiro atoms. The first kappa shape index (κ1) is 10.7. The van der Waals surface area contributed by atoms with Crippen LogP contribution in [0.5, 0.6) is 0 Å². The molecule has 0 aliphatic rings. The van der Waals surface area contributed by atoms with E-state index in [1.807, 2.05) is 6.92 Å². The molecular weight excluding hydrogens is 126 g/mol. The number of rotatable bonds is 3. The van der Waals surface area contributed by atoms with Crippen LogP contribution in [0.3, 0.4) is 0 Å². The van der Waals surface area contributed by atoms with Gasteiger partial charge in [0, 0.05) is 26.1 Å². The number of alkyl halides is 1. The second-order valence-corrected chi connectivity index (χ2v) is 1.17. The van der Waals surface area contributed by atoms with E-state index in [9.17, 15) is 0 Å². The Morgan fingerprint density at radius 3 is 2.57 bits per heavy atom. The van der Waals surface area contributed by atoms with Gasteiger partial charge in [0.05, 0.1) is 13.2 Å². The van der Waals surface area contributed by atoms with Gasteiger partial charge in [0.2, 0.25) is 0 Å². The highest BCUT2D eigenvalue weighted by molar-refractivity contribution is 6.17. The van der Waals surface area contributed by atoms with Crippen LogP contribution in [0.25, 0.3) is 0 Å². The molecule has 0 bridgehead atoms. The molecule has 0 fully saturated rings. The molecule has 1 nitrogen and oxygen atoms in total. The molecule has 44 valence electrons. The van der Waals surface area contributed by atoms with Crippen LogP contribution in [0.15, 0.2) is 0 Å². The largest absolute Gasteiger partial charge is 0.375 e. The Morgan fingerprint density at radius 1 is 1.86 bits per heavy atom. The molecule has 0 heterocycles. The Morgan fingerprint density at radius 2 is 2.43 bits per heavy atom. The quantitative estimate of drug-likeness (QED) is 0.327. The van der Waals surface area contributed by atoms with Gasteiger partial charge in [0.25, 0.3) is 0 Å². The summed E-state index contributed by atoms with van der Waals surface area (Å²) in [6.07, 6.45) is 0. The SMILES string of the molecule is C[CH]OCCCl.[Al].[HH].[HH]. The van der Waals surface area contributed by atoms with Crippen molar-refractivity contribution in [2.45, 2.75) is 6.92 Å². The van der Waals surface area contributed by atoms with Gasteiger partial charge in [-0.25, -0.2) is 0 Å². The fourth-order valence-corrected chi connectivity index (χ4v) is 0.251. The van der Waals surface area contributed by atoms with Gasteiger partial charge < -0.3 is 4.74 Å². The fraction of sp³-hybridized carbons (Fsp3) is 0.750. The monoisotopic (exact) mass is 138 g/mol. The van der Waals surface area contributed by atoms with E-state index in [4.69, 9.17) is 16.3 Å². The average molecular weight is 139 g/mol. The van der Waals surface area contributed by atoms with E-state index in [-0.39, 0.29) is 20.2 Å². The van der Waals surface area contributed by atoms with Crippen LogP contribution in [0.1, 0.15) is 9.78 Å². The first-order valence-corrected chi connectivity index (χ1v) is 2.40. The molecule has 0 amide bonds. The van der Waals surface area contributed by atoms with E-state index < -0.39 is 0 Å². The van der Waals surface area contributed by atoms with Crippen LogP contribution in [-0.4, -0.2) is 29.8 Å². The molecule has 0 saturated heterocycles. The summed E-state index contributed by atoms with van der Waals surface area (Å²) < 4.78 is 4.73. The highest BCUT2D eigenvalue weighted by Gasteiger charge is 1.75. The van der Waals surface area contributed by atoms with Crippen molar-refractivity contribution in [1.82, 2.24) is 0 Å². The normalized spacial score (nSPS) is 7.71. The predicted molar refractivity (Wildman–Crippen MR) is 36.6 cm³/mol. The summed E-state index contributed by atoms with van der Waals surface area (Å²) >= 11 is 5.24. The minimum absolute atomic E-state index is 0. The first-order valence-electron chi connectivity index (χ1n) is 1.87. The Hall–Kier alpha value is 0.782. The van der Waals surface area contributed by atoms with Crippen LogP contribution in [-0.2, 0) is 4.74 Å². The van der Waals surface area contributed by atoms with Gasteiger partial charge in [-0.2, -0.15) is 0 Å². The second-order valence-electron chi connectivity index (χ2n) is 0.795. The fourth-order valence-electron chi connectivity index (χ4n) is 0.162. The van der Waals surface area contributed by atoms with Gasteiger partial charge >= 0.3 is 0 Å². The summed E-state index contributed by atoms with van der Waals surface area (Å²) in [7, 11) is 0. The van der Waals surface area contributed by atoms with Crippen molar-refractivity contribution in [3.8, 4) is 0 Å². The molecule has 0 unspecified atom stereocenters. The lowest BCUT2D eigenvalue weighted by Crippen LogP contribution is -1.87. The first-order chi connectivity index (χ1) is 2.91. The van der Waals surface area contributed by atoms with Crippen LogP contribution >= 0.6 is 11.6 Å². The molecule has 0 atom stereocenters. The van der Waals surface area contributed by atoms with Gasteiger partial charge in [-0.1, -0.05) is 0 Å². The van der Waals surface area contributed by atoms with Crippen molar-refractivity contribution in [2.75, 3.05) is 12.5 Å². The van der Waals surface area contributed by atoms with Crippen LogP contribution in [0.2, 0.25) is 0 Å². The van der Waals surface area contributed by atoms with E-state index in [1.165, 1.54) is 0 Å². The van der Waals surface area contributed by atoms with Crippen molar-refractivity contribution in [1.29, 1.82) is 0 Å². The second kappa shape index (κ2) is 9.92. The summed E-state index contributed by atoms with van der Waals surface area (Å²) in [5.41, 5.74) is 0. The maximum Gasteiger partial charge on any atom is 0.0806 e. The molecule has 0 aromatic heterocycles. The predicted octanol–water partition coefficient (Wildman–Crippen LogP) is 1.53. The molecule has 0 aromatic rings. The Labute approximate surface area is 63.1 Å². The minimum Gasteiger partial charge on any atom is -0.375 e. The summed E-state index contributed by atoms with van der Waals surface area (Å²) in [5, 5.41) is 0.